The van der Waals surface area contributed by atoms with Gasteiger partial charge in [-0.2, -0.15) is 5.10 Å². The Morgan fingerprint density at radius 2 is 1.88 bits per heavy atom. The first-order valence-electron chi connectivity index (χ1n) is 11.1. The van der Waals surface area contributed by atoms with Crippen molar-refractivity contribution in [2.24, 2.45) is 0 Å². The van der Waals surface area contributed by atoms with Gasteiger partial charge in [-0.1, -0.05) is 43.5 Å². The van der Waals surface area contributed by atoms with Crippen LogP contribution in [0.4, 0.5) is 15.8 Å². The topological polar surface area (TPSA) is 58.4 Å². The van der Waals surface area contributed by atoms with Crippen LogP contribution in [0.3, 0.4) is 0 Å². The van der Waals surface area contributed by atoms with E-state index in [0.717, 1.165) is 36.9 Å². The highest BCUT2D eigenvalue weighted by atomic mass is 19.1. The van der Waals surface area contributed by atoms with Gasteiger partial charge >= 0.3 is 0 Å². The lowest BCUT2D eigenvalue weighted by Gasteiger charge is -2.33. The fourth-order valence-electron chi connectivity index (χ4n) is 4.96. The molecule has 164 valence electrons. The van der Waals surface area contributed by atoms with E-state index < -0.39 is 11.9 Å². The zero-order valence-electron chi connectivity index (χ0n) is 17.7. The third-order valence-corrected chi connectivity index (χ3v) is 6.37. The molecule has 0 N–H and O–H groups in total. The highest BCUT2D eigenvalue weighted by molar-refractivity contribution is 6.11. The van der Waals surface area contributed by atoms with Crippen molar-refractivity contribution in [2.45, 2.75) is 50.7 Å². The SMILES string of the molecule is O=C1C(N(C(=O)Cn2cccn2)c2cccc(F)c2)c2ccccc2N1C1CCCCC1. The van der Waals surface area contributed by atoms with Crippen LogP contribution in [-0.2, 0) is 16.1 Å². The van der Waals surface area contributed by atoms with Gasteiger partial charge in [-0.15, -0.1) is 0 Å². The van der Waals surface area contributed by atoms with Crippen LogP contribution in [0, 0.1) is 5.82 Å². The molecule has 0 saturated heterocycles. The number of carbonyl (C=O) groups excluding carboxylic acids is 2. The second kappa shape index (κ2) is 8.57. The van der Waals surface area contributed by atoms with Crippen LogP contribution in [0.1, 0.15) is 43.7 Å². The normalized spacial score (nSPS) is 18.6. The highest BCUT2D eigenvalue weighted by Gasteiger charge is 2.45. The van der Waals surface area contributed by atoms with Crippen LogP contribution in [0.25, 0.3) is 0 Å². The van der Waals surface area contributed by atoms with Crippen molar-refractivity contribution in [3.05, 3.63) is 78.4 Å². The average molecular weight is 432 g/mol. The Morgan fingerprint density at radius 3 is 2.62 bits per heavy atom. The van der Waals surface area contributed by atoms with Crippen molar-refractivity contribution in [3.8, 4) is 0 Å². The predicted molar refractivity (Wildman–Crippen MR) is 120 cm³/mol. The van der Waals surface area contributed by atoms with E-state index in [1.807, 2.05) is 29.2 Å². The van der Waals surface area contributed by atoms with E-state index in [1.165, 1.54) is 28.1 Å². The van der Waals surface area contributed by atoms with E-state index in [-0.39, 0.29) is 24.4 Å². The van der Waals surface area contributed by atoms with Gasteiger partial charge in [0.25, 0.3) is 5.91 Å². The fourth-order valence-corrected chi connectivity index (χ4v) is 4.96. The smallest absolute Gasteiger partial charge is 0.255 e. The van der Waals surface area contributed by atoms with Crippen LogP contribution in [0.5, 0.6) is 0 Å². The molecular weight excluding hydrogens is 407 g/mol. The molecule has 1 aromatic heterocycles. The van der Waals surface area contributed by atoms with Gasteiger partial charge in [0.05, 0.1) is 0 Å². The summed E-state index contributed by atoms with van der Waals surface area (Å²) in [5.74, 6) is -0.906. The van der Waals surface area contributed by atoms with Crippen molar-refractivity contribution in [3.63, 3.8) is 0 Å². The number of amides is 2. The van der Waals surface area contributed by atoms with Crippen molar-refractivity contribution >= 4 is 23.2 Å². The molecule has 1 atom stereocenters. The van der Waals surface area contributed by atoms with Crippen LogP contribution in [-0.4, -0.2) is 27.6 Å². The minimum Gasteiger partial charge on any atom is -0.307 e. The Bertz CT molecular complexity index is 1120. The molecule has 2 amide bonds. The molecule has 32 heavy (non-hydrogen) atoms. The molecule has 1 saturated carbocycles. The lowest BCUT2D eigenvalue weighted by Crippen LogP contribution is -2.46. The summed E-state index contributed by atoms with van der Waals surface area (Å²) in [7, 11) is 0. The number of para-hydroxylation sites is 1. The number of fused-ring (bicyclic) bond motifs is 1. The van der Waals surface area contributed by atoms with Crippen molar-refractivity contribution in [2.75, 3.05) is 9.80 Å². The number of halogens is 1. The predicted octanol–water partition coefficient (Wildman–Crippen LogP) is 4.48. The maximum absolute atomic E-state index is 14.2. The molecule has 0 spiro atoms. The van der Waals surface area contributed by atoms with Gasteiger partial charge in [0.1, 0.15) is 18.4 Å². The summed E-state index contributed by atoms with van der Waals surface area (Å²) in [6, 6.07) is 14.5. The summed E-state index contributed by atoms with van der Waals surface area (Å²) in [6.45, 7) is -0.0428. The van der Waals surface area contributed by atoms with Gasteiger partial charge in [0.15, 0.2) is 0 Å². The maximum atomic E-state index is 14.2. The van der Waals surface area contributed by atoms with E-state index in [1.54, 1.807) is 30.6 Å². The van der Waals surface area contributed by atoms with E-state index in [0.29, 0.717) is 5.69 Å². The molecular formula is C25H25FN4O2. The first-order valence-corrected chi connectivity index (χ1v) is 11.1. The van der Waals surface area contributed by atoms with Crippen molar-refractivity contribution in [1.29, 1.82) is 0 Å². The number of aromatic nitrogens is 2. The molecule has 1 unspecified atom stereocenters. The van der Waals surface area contributed by atoms with E-state index in [4.69, 9.17) is 0 Å². The molecule has 2 aliphatic rings. The Kier molecular flexibility index (Phi) is 5.47. The van der Waals surface area contributed by atoms with Crippen LogP contribution in [0.2, 0.25) is 0 Å². The van der Waals surface area contributed by atoms with Gasteiger partial charge in [-0.3, -0.25) is 19.2 Å². The van der Waals surface area contributed by atoms with Gasteiger partial charge in [0, 0.05) is 35.4 Å². The molecule has 5 rings (SSSR count). The molecule has 6 nitrogen and oxygen atoms in total. The van der Waals surface area contributed by atoms with Gasteiger partial charge in [-0.05, 0) is 43.2 Å². The first kappa shape index (κ1) is 20.4. The standard InChI is InChI=1S/C25H25FN4O2/c26-18-8-6-11-20(16-18)30(23(31)17-28-15-7-14-27-28)24-21-12-4-5-13-22(21)29(25(24)32)19-9-2-1-3-10-19/h4-8,11-16,19,24H,1-3,9-10,17H2. The monoisotopic (exact) mass is 432 g/mol. The molecule has 2 aromatic carbocycles. The van der Waals surface area contributed by atoms with Crippen LogP contribution < -0.4 is 9.80 Å². The van der Waals surface area contributed by atoms with E-state index >= 15 is 0 Å². The van der Waals surface area contributed by atoms with Gasteiger partial charge in [-0.25, -0.2) is 4.39 Å². The summed E-state index contributed by atoms with van der Waals surface area (Å²) in [4.78, 5) is 30.7. The first-order chi connectivity index (χ1) is 15.6. The Labute approximate surface area is 186 Å². The van der Waals surface area contributed by atoms with E-state index in [9.17, 15) is 14.0 Å². The van der Waals surface area contributed by atoms with Crippen molar-refractivity contribution < 1.29 is 14.0 Å². The Morgan fingerprint density at radius 1 is 1.06 bits per heavy atom. The molecule has 0 radical (unpaired) electrons. The Balaban J connectivity index is 1.58. The summed E-state index contributed by atoms with van der Waals surface area (Å²) in [5, 5.41) is 4.13. The summed E-state index contributed by atoms with van der Waals surface area (Å²) in [5.41, 5.74) is 1.99. The fraction of sp³-hybridized carbons (Fsp3) is 0.320. The number of hydrogen-bond acceptors (Lipinski definition) is 3. The molecule has 1 fully saturated rings. The quantitative estimate of drug-likeness (QED) is 0.598. The minimum atomic E-state index is -0.835. The van der Waals surface area contributed by atoms with Gasteiger partial charge < -0.3 is 4.90 Å². The summed E-state index contributed by atoms with van der Waals surface area (Å²) < 4.78 is 15.7. The molecule has 2 heterocycles. The number of carbonyl (C=O) groups is 2. The summed E-state index contributed by atoms with van der Waals surface area (Å²) in [6.07, 6.45) is 8.56. The largest absolute Gasteiger partial charge is 0.307 e. The van der Waals surface area contributed by atoms with Crippen LogP contribution >= 0.6 is 0 Å². The van der Waals surface area contributed by atoms with Gasteiger partial charge in [0.2, 0.25) is 5.91 Å². The number of nitrogens with zero attached hydrogens (tertiary/aromatic N) is 4. The molecule has 1 aliphatic heterocycles. The third kappa shape index (κ3) is 3.68. The number of anilines is 2. The number of hydrogen-bond donors (Lipinski definition) is 0. The molecule has 7 heteroatoms. The number of benzene rings is 2. The lowest BCUT2D eigenvalue weighted by atomic mass is 9.94. The average Bonchev–Trinajstić information content (AvgIpc) is 3.41. The molecule has 0 bridgehead atoms. The second-order valence-electron chi connectivity index (χ2n) is 8.41. The highest BCUT2D eigenvalue weighted by Crippen LogP contribution is 2.44. The van der Waals surface area contributed by atoms with Crippen molar-refractivity contribution in [1.82, 2.24) is 9.78 Å². The summed E-state index contributed by atoms with van der Waals surface area (Å²) >= 11 is 0. The zero-order valence-corrected chi connectivity index (χ0v) is 17.7. The number of rotatable bonds is 5. The maximum Gasteiger partial charge on any atom is 0.255 e. The molecule has 1 aliphatic carbocycles. The zero-order chi connectivity index (χ0) is 22.1. The molecule has 3 aromatic rings. The Hall–Kier alpha value is -3.48. The van der Waals surface area contributed by atoms with Crippen LogP contribution in [0.15, 0.2) is 67.0 Å². The van der Waals surface area contributed by atoms with E-state index in [2.05, 4.69) is 5.10 Å². The third-order valence-electron chi connectivity index (χ3n) is 6.37. The lowest BCUT2D eigenvalue weighted by molar-refractivity contribution is -0.125. The second-order valence-corrected chi connectivity index (χ2v) is 8.41. The minimum absolute atomic E-state index is 0.0428.